The highest BCUT2D eigenvalue weighted by Crippen LogP contribution is 2.44. The number of rotatable bonds is 6. The van der Waals surface area contributed by atoms with Gasteiger partial charge in [0.1, 0.15) is 5.00 Å². The molecule has 0 fully saturated rings. The third-order valence-corrected chi connectivity index (χ3v) is 7.40. The predicted molar refractivity (Wildman–Crippen MR) is 128 cm³/mol. The van der Waals surface area contributed by atoms with Gasteiger partial charge in [-0.05, 0) is 60.3 Å². The van der Waals surface area contributed by atoms with Gasteiger partial charge in [-0.1, -0.05) is 51.1 Å². The summed E-state index contributed by atoms with van der Waals surface area (Å²) in [6.45, 7) is 7.36. The number of benzene rings is 1. The summed E-state index contributed by atoms with van der Waals surface area (Å²) >= 11 is 1.53. The maximum atomic E-state index is 13.3. The molecule has 6 heteroatoms. The van der Waals surface area contributed by atoms with Crippen molar-refractivity contribution in [2.24, 2.45) is 11.3 Å². The number of amides is 2. The van der Waals surface area contributed by atoms with E-state index in [1.54, 1.807) is 12.1 Å². The van der Waals surface area contributed by atoms with Crippen molar-refractivity contribution in [3.63, 3.8) is 0 Å². The molecule has 1 atom stereocenters. The summed E-state index contributed by atoms with van der Waals surface area (Å²) in [5.41, 5.74) is 3.09. The van der Waals surface area contributed by atoms with Crippen molar-refractivity contribution >= 4 is 28.2 Å². The third-order valence-electron chi connectivity index (χ3n) is 6.23. The van der Waals surface area contributed by atoms with Crippen LogP contribution in [0.1, 0.15) is 64.1 Å². The zero-order valence-corrected chi connectivity index (χ0v) is 19.7. The number of anilines is 1. The van der Waals surface area contributed by atoms with Gasteiger partial charge in [0.25, 0.3) is 11.8 Å². The Morgan fingerprint density at radius 1 is 1.09 bits per heavy atom. The molecule has 32 heavy (non-hydrogen) atoms. The second-order valence-corrected chi connectivity index (χ2v) is 10.5. The van der Waals surface area contributed by atoms with Crippen LogP contribution in [-0.4, -0.2) is 18.4 Å². The van der Waals surface area contributed by atoms with Crippen LogP contribution in [0.5, 0.6) is 0 Å². The molecule has 5 nitrogen and oxygen atoms in total. The van der Waals surface area contributed by atoms with Crippen LogP contribution in [0.25, 0.3) is 0 Å². The molecule has 0 radical (unpaired) electrons. The highest BCUT2D eigenvalue weighted by Gasteiger charge is 2.34. The number of carbonyl (C=O) groups is 2. The van der Waals surface area contributed by atoms with Crippen LogP contribution in [0.4, 0.5) is 5.00 Å². The van der Waals surface area contributed by atoms with Crippen LogP contribution in [0.3, 0.4) is 0 Å². The van der Waals surface area contributed by atoms with Gasteiger partial charge in [0.15, 0.2) is 5.76 Å². The number of hydrogen-bond donors (Lipinski definition) is 2. The van der Waals surface area contributed by atoms with Crippen molar-refractivity contribution in [3.8, 4) is 0 Å². The van der Waals surface area contributed by atoms with E-state index in [1.807, 2.05) is 18.2 Å². The first-order chi connectivity index (χ1) is 15.3. The second kappa shape index (κ2) is 9.33. The molecule has 0 bridgehead atoms. The van der Waals surface area contributed by atoms with Crippen LogP contribution in [-0.2, 0) is 19.3 Å². The standard InChI is InChI=1S/C26H30N2O3S/c1-26(2,3)18-11-12-19-21(16-18)32-25(28-23(29)20-10-7-15-31-20)22(19)24(30)27-14-13-17-8-5-4-6-9-17/h4-10,15,18H,11-14,16H2,1-3H3,(H,27,30)(H,28,29)/t18-/m1/s1. The van der Waals surface area contributed by atoms with E-state index in [2.05, 4.69) is 43.5 Å². The maximum absolute atomic E-state index is 13.3. The van der Waals surface area contributed by atoms with Crippen LogP contribution in [0.15, 0.2) is 53.1 Å². The summed E-state index contributed by atoms with van der Waals surface area (Å²) in [4.78, 5) is 27.1. The molecule has 0 spiro atoms. The lowest BCUT2D eigenvalue weighted by molar-refractivity contribution is 0.0954. The summed E-state index contributed by atoms with van der Waals surface area (Å²) in [7, 11) is 0. The molecule has 0 unspecified atom stereocenters. The Bertz CT molecular complexity index is 1080. The van der Waals surface area contributed by atoms with Crippen molar-refractivity contribution in [3.05, 3.63) is 76.1 Å². The quantitative estimate of drug-likeness (QED) is 0.505. The normalized spacial score (nSPS) is 15.8. The topological polar surface area (TPSA) is 71.3 Å². The van der Waals surface area contributed by atoms with E-state index < -0.39 is 0 Å². The molecular formula is C26H30N2O3S. The van der Waals surface area contributed by atoms with Crippen LogP contribution in [0, 0.1) is 11.3 Å². The number of carbonyl (C=O) groups excluding carboxylic acids is 2. The zero-order chi connectivity index (χ0) is 22.7. The van der Waals surface area contributed by atoms with Crippen molar-refractivity contribution < 1.29 is 14.0 Å². The van der Waals surface area contributed by atoms with Gasteiger partial charge >= 0.3 is 0 Å². The number of thiophene rings is 1. The minimum Gasteiger partial charge on any atom is -0.459 e. The zero-order valence-electron chi connectivity index (χ0n) is 18.9. The first kappa shape index (κ1) is 22.3. The Balaban J connectivity index is 1.56. The van der Waals surface area contributed by atoms with E-state index in [1.165, 1.54) is 28.0 Å². The van der Waals surface area contributed by atoms with Gasteiger partial charge in [0, 0.05) is 11.4 Å². The lowest BCUT2D eigenvalue weighted by Crippen LogP contribution is -2.29. The van der Waals surface area contributed by atoms with Gasteiger partial charge in [-0.3, -0.25) is 9.59 Å². The van der Waals surface area contributed by atoms with E-state index in [9.17, 15) is 9.59 Å². The van der Waals surface area contributed by atoms with Crippen molar-refractivity contribution in [1.29, 1.82) is 0 Å². The second-order valence-electron chi connectivity index (χ2n) is 9.44. The molecule has 0 saturated heterocycles. The highest BCUT2D eigenvalue weighted by atomic mass is 32.1. The Labute approximate surface area is 193 Å². The van der Waals surface area contributed by atoms with Gasteiger partial charge in [0.05, 0.1) is 11.8 Å². The molecule has 2 amide bonds. The first-order valence-electron chi connectivity index (χ1n) is 11.1. The highest BCUT2D eigenvalue weighted by molar-refractivity contribution is 7.17. The molecule has 0 aliphatic heterocycles. The van der Waals surface area contributed by atoms with Crippen molar-refractivity contribution in [2.45, 2.75) is 46.5 Å². The van der Waals surface area contributed by atoms with Gasteiger partial charge in [0.2, 0.25) is 0 Å². The van der Waals surface area contributed by atoms with Crippen LogP contribution < -0.4 is 10.6 Å². The first-order valence-corrected chi connectivity index (χ1v) is 12.0. The monoisotopic (exact) mass is 450 g/mol. The molecule has 3 aromatic rings. The summed E-state index contributed by atoms with van der Waals surface area (Å²) in [5, 5.41) is 6.62. The fourth-order valence-electron chi connectivity index (χ4n) is 4.28. The molecular weight excluding hydrogens is 420 g/mol. The Hall–Kier alpha value is -2.86. The molecule has 2 N–H and O–H groups in total. The van der Waals surface area contributed by atoms with Gasteiger partial charge in [-0.25, -0.2) is 0 Å². The Morgan fingerprint density at radius 3 is 2.56 bits per heavy atom. The number of fused-ring (bicyclic) bond motifs is 1. The van der Waals surface area contributed by atoms with Crippen molar-refractivity contribution in [2.75, 3.05) is 11.9 Å². The molecule has 0 saturated carbocycles. The summed E-state index contributed by atoms with van der Waals surface area (Å²) in [6, 6.07) is 13.4. The van der Waals surface area contributed by atoms with E-state index in [-0.39, 0.29) is 23.0 Å². The average molecular weight is 451 g/mol. The van der Waals surface area contributed by atoms with Gasteiger partial charge in [-0.2, -0.15) is 0 Å². The Kier molecular flexibility index (Phi) is 6.51. The van der Waals surface area contributed by atoms with Gasteiger partial charge < -0.3 is 15.1 Å². The average Bonchev–Trinajstić information content (AvgIpc) is 3.41. The predicted octanol–water partition coefficient (Wildman–Crippen LogP) is 5.72. The summed E-state index contributed by atoms with van der Waals surface area (Å²) < 4.78 is 5.24. The van der Waals surface area contributed by atoms with E-state index in [4.69, 9.17) is 4.42 Å². The fraction of sp³-hybridized carbons (Fsp3) is 0.385. The molecule has 2 aromatic heterocycles. The minimum absolute atomic E-state index is 0.123. The minimum atomic E-state index is -0.334. The van der Waals surface area contributed by atoms with Crippen molar-refractivity contribution in [1.82, 2.24) is 5.32 Å². The van der Waals surface area contributed by atoms with Crippen LogP contribution in [0.2, 0.25) is 0 Å². The lowest BCUT2D eigenvalue weighted by Gasteiger charge is -2.33. The number of hydrogen-bond acceptors (Lipinski definition) is 4. The van der Waals surface area contributed by atoms with Gasteiger partial charge in [-0.15, -0.1) is 11.3 Å². The molecule has 1 aliphatic carbocycles. The van der Waals surface area contributed by atoms with E-state index in [0.717, 1.165) is 31.2 Å². The molecule has 1 aliphatic rings. The number of nitrogens with one attached hydrogen (secondary N) is 2. The lowest BCUT2D eigenvalue weighted by atomic mass is 9.72. The smallest absolute Gasteiger partial charge is 0.291 e. The molecule has 168 valence electrons. The number of furan rings is 1. The fourth-order valence-corrected chi connectivity index (χ4v) is 5.60. The maximum Gasteiger partial charge on any atom is 0.291 e. The SMILES string of the molecule is CC(C)(C)[C@@H]1CCc2c(sc(NC(=O)c3ccco3)c2C(=O)NCCc2ccccc2)C1. The summed E-state index contributed by atoms with van der Waals surface area (Å²) in [5.74, 6) is 0.331. The third kappa shape index (κ3) is 4.96. The van der Waals surface area contributed by atoms with Crippen LogP contribution >= 0.6 is 11.3 Å². The molecule has 2 heterocycles. The van der Waals surface area contributed by atoms with E-state index >= 15 is 0 Å². The molecule has 4 rings (SSSR count). The Morgan fingerprint density at radius 2 is 1.88 bits per heavy atom. The van der Waals surface area contributed by atoms with E-state index in [0.29, 0.717) is 23.0 Å². The largest absolute Gasteiger partial charge is 0.459 e. The molecule has 1 aromatic carbocycles. The summed E-state index contributed by atoms with van der Waals surface area (Å²) in [6.07, 6.45) is 5.07.